The van der Waals surface area contributed by atoms with E-state index >= 15 is 4.39 Å². The van der Waals surface area contributed by atoms with Crippen LogP contribution in [0.15, 0.2) is 53.6 Å². The summed E-state index contributed by atoms with van der Waals surface area (Å²) in [5, 5.41) is 11.0. The lowest BCUT2D eigenvalue weighted by Crippen LogP contribution is -2.44. The highest BCUT2D eigenvalue weighted by Crippen LogP contribution is 2.42. The van der Waals surface area contributed by atoms with E-state index < -0.39 is 17.6 Å². The standard InChI is InChI=1S/C29H34ClFN2O3S/c1-20-5-3-6-22(17-20)37-16-4-13-33-14-11-29(12-15-33,28(34)35)10-9-25(31)27-23-18-21(36-2)7-8-26(23)32-19-24(27)30/h3,5-8,17-19,25H,4,9-16H2,1-2H3,(H,34,35). The van der Waals surface area contributed by atoms with Gasteiger partial charge in [0, 0.05) is 22.0 Å². The maximum absolute atomic E-state index is 15.6. The highest BCUT2D eigenvalue weighted by Gasteiger charge is 2.41. The van der Waals surface area contributed by atoms with Crippen molar-refractivity contribution >= 4 is 40.2 Å². The average molecular weight is 545 g/mol. The summed E-state index contributed by atoms with van der Waals surface area (Å²) in [6, 6.07) is 13.8. The second kappa shape index (κ2) is 12.5. The Kier molecular flexibility index (Phi) is 9.32. The van der Waals surface area contributed by atoms with Gasteiger partial charge in [-0.05, 0) is 94.7 Å². The first kappa shape index (κ1) is 27.7. The summed E-state index contributed by atoms with van der Waals surface area (Å²) in [7, 11) is 1.55. The molecule has 0 amide bonds. The van der Waals surface area contributed by atoms with E-state index in [1.807, 2.05) is 11.8 Å². The molecule has 0 spiro atoms. The molecule has 0 saturated carbocycles. The van der Waals surface area contributed by atoms with Crippen molar-refractivity contribution in [2.75, 3.05) is 32.5 Å². The molecular weight excluding hydrogens is 511 g/mol. The highest BCUT2D eigenvalue weighted by atomic mass is 35.5. The molecule has 2 aromatic carbocycles. The van der Waals surface area contributed by atoms with Gasteiger partial charge in [-0.15, -0.1) is 11.8 Å². The van der Waals surface area contributed by atoms with E-state index in [0.29, 0.717) is 48.1 Å². The van der Waals surface area contributed by atoms with Gasteiger partial charge < -0.3 is 14.7 Å². The molecule has 3 aromatic rings. The smallest absolute Gasteiger partial charge is 0.309 e. The lowest BCUT2D eigenvalue weighted by Gasteiger charge is -2.39. The van der Waals surface area contributed by atoms with Crippen LogP contribution in [0.25, 0.3) is 10.9 Å². The molecule has 1 unspecified atom stereocenters. The third-order valence-electron chi connectivity index (χ3n) is 7.40. The number of hydrogen-bond acceptors (Lipinski definition) is 5. The predicted octanol–water partition coefficient (Wildman–Crippen LogP) is 7.35. The number of carbonyl (C=O) groups is 1. The molecule has 5 nitrogen and oxygen atoms in total. The van der Waals surface area contributed by atoms with Crippen molar-refractivity contribution in [3.63, 3.8) is 0 Å². The Balaban J connectivity index is 1.33. The molecule has 1 aliphatic heterocycles. The van der Waals surface area contributed by atoms with Gasteiger partial charge in [0.05, 0.1) is 23.1 Å². The minimum absolute atomic E-state index is 0.0927. The van der Waals surface area contributed by atoms with Crippen LogP contribution in [0.4, 0.5) is 4.39 Å². The summed E-state index contributed by atoms with van der Waals surface area (Å²) in [6.07, 6.45) is 2.53. The summed E-state index contributed by atoms with van der Waals surface area (Å²) in [5.74, 6) is 0.789. The van der Waals surface area contributed by atoms with Gasteiger partial charge in [-0.2, -0.15) is 0 Å². The molecule has 8 heteroatoms. The Bertz CT molecular complexity index is 1230. The number of aliphatic carboxylic acids is 1. The van der Waals surface area contributed by atoms with Crippen molar-refractivity contribution in [2.24, 2.45) is 5.41 Å². The summed E-state index contributed by atoms with van der Waals surface area (Å²) in [5.41, 5.74) is 1.34. The van der Waals surface area contributed by atoms with Crippen molar-refractivity contribution in [2.45, 2.75) is 50.1 Å². The topological polar surface area (TPSA) is 62.7 Å². The molecule has 0 aliphatic carbocycles. The van der Waals surface area contributed by atoms with E-state index in [1.54, 1.807) is 25.3 Å². The zero-order valence-corrected chi connectivity index (χ0v) is 23.0. The number of nitrogens with zero attached hydrogens (tertiary/aromatic N) is 2. The summed E-state index contributed by atoms with van der Waals surface area (Å²) >= 11 is 8.23. The van der Waals surface area contributed by atoms with Crippen LogP contribution in [-0.4, -0.2) is 53.5 Å². The second-order valence-electron chi connectivity index (χ2n) is 9.85. The van der Waals surface area contributed by atoms with E-state index in [-0.39, 0.29) is 17.9 Å². The lowest BCUT2D eigenvalue weighted by molar-refractivity contribution is -0.153. The number of thioether (sulfide) groups is 1. The van der Waals surface area contributed by atoms with E-state index in [2.05, 4.69) is 41.1 Å². The molecule has 2 heterocycles. The predicted molar refractivity (Wildman–Crippen MR) is 149 cm³/mol. The number of rotatable bonds is 11. The highest BCUT2D eigenvalue weighted by molar-refractivity contribution is 7.99. The molecule has 4 rings (SSSR count). The number of carboxylic acids is 1. The molecule has 37 heavy (non-hydrogen) atoms. The number of aryl methyl sites for hydroxylation is 1. The van der Waals surface area contributed by atoms with Crippen molar-refractivity contribution in [3.05, 3.63) is 64.8 Å². The lowest BCUT2D eigenvalue weighted by atomic mass is 9.74. The number of methoxy groups -OCH3 is 1. The Hall–Kier alpha value is -2.35. The maximum Gasteiger partial charge on any atom is 0.309 e. The summed E-state index contributed by atoms with van der Waals surface area (Å²) < 4.78 is 20.9. The number of fused-ring (bicyclic) bond motifs is 1. The fraction of sp³-hybridized carbons (Fsp3) is 0.448. The Morgan fingerprint density at radius 3 is 2.76 bits per heavy atom. The van der Waals surface area contributed by atoms with Gasteiger partial charge in [0.15, 0.2) is 0 Å². The van der Waals surface area contributed by atoms with Gasteiger partial charge in [0.25, 0.3) is 0 Å². The minimum Gasteiger partial charge on any atom is -0.497 e. The van der Waals surface area contributed by atoms with Crippen molar-refractivity contribution in [3.8, 4) is 5.75 Å². The first-order chi connectivity index (χ1) is 17.8. The number of carboxylic acid groups (broad SMARTS) is 1. The fourth-order valence-electron chi connectivity index (χ4n) is 5.12. The molecule has 1 N–H and O–H groups in total. The maximum atomic E-state index is 15.6. The number of benzene rings is 2. The molecule has 198 valence electrons. The molecule has 1 aliphatic rings. The summed E-state index contributed by atoms with van der Waals surface area (Å²) in [4.78, 5) is 20.3. The number of aromatic nitrogens is 1. The third-order valence-corrected chi connectivity index (χ3v) is 8.78. The molecule has 0 radical (unpaired) electrons. The largest absolute Gasteiger partial charge is 0.497 e. The van der Waals surface area contributed by atoms with E-state index in [0.717, 1.165) is 18.7 Å². The zero-order chi connectivity index (χ0) is 26.4. The number of alkyl halides is 1. The van der Waals surface area contributed by atoms with Gasteiger partial charge in [-0.1, -0.05) is 29.3 Å². The van der Waals surface area contributed by atoms with Gasteiger partial charge in [-0.25, -0.2) is 4.39 Å². The average Bonchev–Trinajstić information content (AvgIpc) is 2.90. The Morgan fingerprint density at radius 1 is 1.27 bits per heavy atom. The number of hydrogen-bond donors (Lipinski definition) is 1. The molecule has 0 bridgehead atoms. The van der Waals surface area contributed by atoms with Gasteiger partial charge in [0.1, 0.15) is 11.9 Å². The van der Waals surface area contributed by atoms with Gasteiger partial charge in [0.2, 0.25) is 0 Å². The SMILES string of the molecule is COc1ccc2ncc(Cl)c(C(F)CCC3(C(=O)O)CCN(CCCSc4cccc(C)c4)CC3)c2c1. The van der Waals surface area contributed by atoms with E-state index in [9.17, 15) is 9.90 Å². The van der Waals surface area contributed by atoms with E-state index in [4.69, 9.17) is 16.3 Å². The number of halogens is 2. The fourth-order valence-corrected chi connectivity index (χ4v) is 6.34. The van der Waals surface area contributed by atoms with Crippen LogP contribution in [0.2, 0.25) is 5.02 Å². The van der Waals surface area contributed by atoms with E-state index in [1.165, 1.54) is 16.7 Å². The van der Waals surface area contributed by atoms with Crippen molar-refractivity contribution < 1.29 is 19.0 Å². The van der Waals surface area contributed by atoms with Gasteiger partial charge in [-0.3, -0.25) is 9.78 Å². The monoisotopic (exact) mass is 544 g/mol. The quantitative estimate of drug-likeness (QED) is 0.201. The van der Waals surface area contributed by atoms with Crippen LogP contribution in [0.1, 0.15) is 49.4 Å². The van der Waals surface area contributed by atoms with Crippen LogP contribution in [-0.2, 0) is 4.79 Å². The Labute approximate surface area is 227 Å². The van der Waals surface area contributed by atoms with Crippen LogP contribution in [0, 0.1) is 12.3 Å². The van der Waals surface area contributed by atoms with Crippen LogP contribution in [0.5, 0.6) is 5.75 Å². The van der Waals surface area contributed by atoms with Crippen LogP contribution < -0.4 is 4.74 Å². The first-order valence-electron chi connectivity index (χ1n) is 12.7. The number of piperidine rings is 1. The molecular formula is C29H34ClFN2O3S. The normalized spacial score (nSPS) is 16.5. The molecule has 1 saturated heterocycles. The Morgan fingerprint density at radius 2 is 2.05 bits per heavy atom. The second-order valence-corrected chi connectivity index (χ2v) is 11.4. The van der Waals surface area contributed by atoms with Crippen molar-refractivity contribution in [1.29, 1.82) is 0 Å². The molecule has 1 atom stereocenters. The third kappa shape index (κ3) is 6.75. The van der Waals surface area contributed by atoms with Crippen LogP contribution >= 0.6 is 23.4 Å². The molecule has 1 aromatic heterocycles. The van der Waals surface area contributed by atoms with Crippen molar-refractivity contribution in [1.82, 2.24) is 9.88 Å². The number of ether oxygens (including phenoxy) is 1. The minimum atomic E-state index is -1.39. The zero-order valence-electron chi connectivity index (χ0n) is 21.4. The molecule has 1 fully saturated rings. The summed E-state index contributed by atoms with van der Waals surface area (Å²) in [6.45, 7) is 4.48. The number of pyridine rings is 1. The van der Waals surface area contributed by atoms with Crippen LogP contribution in [0.3, 0.4) is 0 Å². The number of likely N-dealkylation sites (tertiary alicyclic amines) is 1. The van der Waals surface area contributed by atoms with Gasteiger partial charge >= 0.3 is 5.97 Å². The first-order valence-corrected chi connectivity index (χ1v) is 14.1.